The van der Waals surface area contributed by atoms with Crippen LogP contribution >= 0.6 is 0 Å². The highest BCUT2D eigenvalue weighted by Gasteiger charge is 2.41. The van der Waals surface area contributed by atoms with Crippen molar-refractivity contribution in [3.8, 4) is 0 Å². The van der Waals surface area contributed by atoms with Crippen LogP contribution in [0.3, 0.4) is 0 Å². The number of hydrogen-bond donors (Lipinski definition) is 1. The average Bonchev–Trinajstić information content (AvgIpc) is 3.25. The van der Waals surface area contributed by atoms with E-state index in [9.17, 15) is 14.0 Å². The Labute approximate surface area is 305 Å². The van der Waals surface area contributed by atoms with E-state index in [1.165, 1.54) is 0 Å². The van der Waals surface area contributed by atoms with E-state index in [-0.39, 0.29) is 35.5 Å². The van der Waals surface area contributed by atoms with Crippen molar-refractivity contribution in [3.05, 3.63) is 88.7 Å². The van der Waals surface area contributed by atoms with Gasteiger partial charge in [-0.05, 0) is 74.5 Å². The van der Waals surface area contributed by atoms with Gasteiger partial charge in [0, 0.05) is 75.7 Å². The molecule has 7 nitrogen and oxygen atoms in total. The van der Waals surface area contributed by atoms with Crippen LogP contribution in [0.15, 0.2) is 77.5 Å². The van der Waals surface area contributed by atoms with E-state index in [4.69, 9.17) is 4.74 Å². The van der Waals surface area contributed by atoms with Crippen LogP contribution in [0.25, 0.3) is 0 Å². The number of allylic oxidation sites excluding steroid dienone is 6. The summed E-state index contributed by atoms with van der Waals surface area (Å²) in [5.74, 6) is -0.272. The normalized spacial score (nSPS) is 22.5. The molecule has 0 amide bonds. The first-order chi connectivity index (χ1) is 24.2. The Hall–Kier alpha value is -3.75. The average molecular weight is 707 g/mol. The number of nitrogens with one attached hydrogen (secondary N) is 1. The molecule has 51 heavy (non-hydrogen) atoms. The number of ketones is 1. The first-order valence-corrected chi connectivity index (χ1v) is 18.8. The summed E-state index contributed by atoms with van der Waals surface area (Å²) in [6.07, 6.45) is 14.8. The lowest BCUT2D eigenvalue weighted by Crippen LogP contribution is -2.48. The molecule has 0 aromatic carbocycles. The third-order valence-corrected chi connectivity index (χ3v) is 10.9. The number of aromatic nitrogens is 1. The van der Waals surface area contributed by atoms with E-state index >= 15 is 4.39 Å². The van der Waals surface area contributed by atoms with Crippen molar-refractivity contribution in [1.82, 2.24) is 20.1 Å². The van der Waals surface area contributed by atoms with Crippen molar-refractivity contribution in [2.45, 2.75) is 123 Å². The molecule has 3 aliphatic rings. The number of piperidine rings is 1. The van der Waals surface area contributed by atoms with Crippen molar-refractivity contribution >= 4 is 12.3 Å². The van der Waals surface area contributed by atoms with Crippen molar-refractivity contribution < 1.29 is 23.1 Å². The first-order valence-electron chi connectivity index (χ1n) is 18.8. The van der Waals surface area contributed by atoms with Gasteiger partial charge in [0.15, 0.2) is 5.83 Å². The number of pyridine rings is 1. The van der Waals surface area contributed by atoms with E-state index in [0.29, 0.717) is 70.2 Å². The molecule has 3 heterocycles. The number of hydrogen-bond acceptors (Lipinski definition) is 7. The molecule has 1 aromatic rings. The Morgan fingerprint density at radius 1 is 1.20 bits per heavy atom. The number of nitrogens with zero attached hydrogens (tertiary/aromatic N) is 3. The second-order valence-corrected chi connectivity index (χ2v) is 15.8. The Balaban J connectivity index is 1.57. The molecule has 1 aliphatic carbocycles. The first kappa shape index (κ1) is 40.0. The fourth-order valence-corrected chi connectivity index (χ4v) is 8.03. The van der Waals surface area contributed by atoms with Gasteiger partial charge in [-0.3, -0.25) is 9.78 Å². The Kier molecular flexibility index (Phi) is 13.9. The molecule has 0 saturated carbocycles. The lowest BCUT2D eigenvalue weighted by molar-refractivity contribution is -0.150. The molecule has 9 heteroatoms. The molecule has 2 atom stereocenters. The number of carbonyl (C=O) groups excluding carboxylic acids is 2. The minimum atomic E-state index is -0.756. The molecular formula is C42H60F2N4O3. The van der Waals surface area contributed by atoms with Crippen LogP contribution in [-0.4, -0.2) is 59.8 Å². The maximum absolute atomic E-state index is 15.1. The summed E-state index contributed by atoms with van der Waals surface area (Å²) < 4.78 is 35.4. The Morgan fingerprint density at radius 2 is 1.92 bits per heavy atom. The number of Topliss-reactive ketones (excluding diaryl/α,β-unsaturated/α-hetero) is 1. The molecule has 0 spiro atoms. The summed E-state index contributed by atoms with van der Waals surface area (Å²) in [4.78, 5) is 32.3. The highest BCUT2D eigenvalue weighted by atomic mass is 19.2. The third kappa shape index (κ3) is 10.2. The number of ether oxygens (including phenoxy) is 1. The largest absolute Gasteiger partial charge is 0.456 e. The van der Waals surface area contributed by atoms with Crippen LogP contribution in [-0.2, 0) is 19.9 Å². The maximum Gasteiger partial charge on any atom is 0.293 e. The summed E-state index contributed by atoms with van der Waals surface area (Å²) in [5.41, 5.74) is 3.80. The predicted octanol–water partition coefficient (Wildman–Crippen LogP) is 9.32. The second-order valence-electron chi connectivity index (χ2n) is 15.8. The van der Waals surface area contributed by atoms with Gasteiger partial charge in [0.25, 0.3) is 6.47 Å². The lowest BCUT2D eigenvalue weighted by Gasteiger charge is -2.43. The monoisotopic (exact) mass is 706 g/mol. The van der Waals surface area contributed by atoms with Crippen LogP contribution in [0, 0.1) is 11.3 Å². The summed E-state index contributed by atoms with van der Waals surface area (Å²) in [6, 6.07) is 3.82. The van der Waals surface area contributed by atoms with E-state index in [0.717, 1.165) is 47.6 Å². The maximum atomic E-state index is 15.1. The molecular weight excluding hydrogens is 646 g/mol. The van der Waals surface area contributed by atoms with Crippen molar-refractivity contribution in [3.63, 3.8) is 0 Å². The van der Waals surface area contributed by atoms with Gasteiger partial charge in [0.1, 0.15) is 17.2 Å². The highest BCUT2D eigenvalue weighted by molar-refractivity contribution is 5.75. The van der Waals surface area contributed by atoms with E-state index in [1.807, 2.05) is 25.3 Å². The summed E-state index contributed by atoms with van der Waals surface area (Å²) in [5, 5.41) is 3.76. The van der Waals surface area contributed by atoms with E-state index < -0.39 is 17.3 Å². The molecule has 1 N–H and O–H groups in total. The van der Waals surface area contributed by atoms with Crippen LogP contribution < -0.4 is 5.32 Å². The topological polar surface area (TPSA) is 74.8 Å². The predicted molar refractivity (Wildman–Crippen MR) is 201 cm³/mol. The van der Waals surface area contributed by atoms with Gasteiger partial charge in [0.05, 0.1) is 17.6 Å². The molecule has 4 rings (SSSR count). The standard InChI is InChI=1S/C42H60F2N4O3/c1-29(2)39-35(15-12-24-45-39)42(51-28-49)22-25-48(26-23-42)32(5)46-37-18-17-33(34-14-11-16-36(43)38(34)44)27-47(8)40(37)30(3)19-21-41(6,7)20-10-9-13-31(4)50/h12,14-15,19,21,24,28-29,33,37,46H,5,9-11,13,16-18,20,22-23,25-27H2,1-4,6-8H3/b21-19+,40-30-/t33?,37-/m1/s1. The molecule has 2 saturated heterocycles. The Morgan fingerprint density at radius 3 is 2.59 bits per heavy atom. The number of halogens is 2. The molecule has 280 valence electrons. The SMILES string of the molecule is C=C(N[C@@H]1CCC(C2=CCCC(F)=C2F)CN(C)/C1=C(C)\C=C\C(C)(C)CCCCC(C)=O)N1CCC(OC=O)(c2cccnc2C(C)C)CC1. The lowest BCUT2D eigenvalue weighted by atomic mass is 9.81. The molecule has 2 fully saturated rings. The summed E-state index contributed by atoms with van der Waals surface area (Å²) in [7, 11) is 2.04. The quantitative estimate of drug-likeness (QED) is 0.144. The fraction of sp³-hybridized carbons (Fsp3) is 0.595. The fourth-order valence-electron chi connectivity index (χ4n) is 8.03. The number of rotatable bonds is 15. The van der Waals surface area contributed by atoms with Crippen LogP contribution in [0.5, 0.6) is 0 Å². The number of carbonyl (C=O) groups is 2. The van der Waals surface area contributed by atoms with Crippen molar-refractivity contribution in [2.75, 3.05) is 26.7 Å². The molecule has 1 aromatic heterocycles. The van der Waals surface area contributed by atoms with Crippen LogP contribution in [0.4, 0.5) is 8.78 Å². The summed E-state index contributed by atoms with van der Waals surface area (Å²) >= 11 is 0. The Bertz CT molecular complexity index is 1530. The smallest absolute Gasteiger partial charge is 0.293 e. The van der Waals surface area contributed by atoms with E-state index in [2.05, 4.69) is 73.5 Å². The van der Waals surface area contributed by atoms with E-state index in [1.54, 1.807) is 13.1 Å². The van der Waals surface area contributed by atoms with Gasteiger partial charge in [-0.2, -0.15) is 0 Å². The minimum Gasteiger partial charge on any atom is -0.456 e. The van der Waals surface area contributed by atoms with Crippen molar-refractivity contribution in [1.29, 1.82) is 0 Å². The van der Waals surface area contributed by atoms with Gasteiger partial charge in [0.2, 0.25) is 0 Å². The summed E-state index contributed by atoms with van der Waals surface area (Å²) in [6.45, 7) is 19.3. The molecule has 0 bridgehead atoms. The molecule has 2 aliphatic heterocycles. The number of unbranched alkanes of at least 4 members (excludes halogenated alkanes) is 1. The zero-order valence-corrected chi connectivity index (χ0v) is 32.0. The minimum absolute atomic E-state index is 0.0527. The molecule has 0 radical (unpaired) electrons. The van der Waals surface area contributed by atoms with Gasteiger partial charge in [-0.15, -0.1) is 0 Å². The zero-order valence-electron chi connectivity index (χ0n) is 32.0. The van der Waals surface area contributed by atoms with Crippen LogP contribution in [0.2, 0.25) is 0 Å². The van der Waals surface area contributed by atoms with Gasteiger partial charge in [-0.25, -0.2) is 8.78 Å². The van der Waals surface area contributed by atoms with Gasteiger partial charge < -0.3 is 24.6 Å². The number of likely N-dealkylation sites (tertiary alicyclic amines) is 2. The molecule has 1 unspecified atom stereocenters. The second kappa shape index (κ2) is 17.6. The van der Waals surface area contributed by atoms with Gasteiger partial charge in [-0.1, -0.05) is 65.0 Å². The van der Waals surface area contributed by atoms with Gasteiger partial charge >= 0.3 is 0 Å². The zero-order chi connectivity index (χ0) is 37.3. The third-order valence-electron chi connectivity index (χ3n) is 10.9. The van der Waals surface area contributed by atoms with Crippen molar-refractivity contribution in [2.24, 2.45) is 11.3 Å². The number of likely N-dealkylation sites (N-methyl/N-ethyl adjacent to an activating group) is 1. The van der Waals surface area contributed by atoms with Crippen LogP contribution in [0.1, 0.15) is 123 Å². The highest BCUT2D eigenvalue weighted by Crippen LogP contribution is 2.41.